The number of nitrogens with zero attached hydrogens (tertiary/aromatic N) is 1. The van der Waals surface area contributed by atoms with E-state index >= 15 is 0 Å². The Balaban J connectivity index is 4.16. The monoisotopic (exact) mass is 844 g/mol. The average Bonchev–Trinajstić information content (AvgIpc) is 3.17. The van der Waals surface area contributed by atoms with E-state index in [2.05, 4.69) is 26.0 Å². The Kier molecular flexibility index (Phi) is 40.2. The molecule has 0 spiro atoms. The molecule has 2 atom stereocenters. The summed E-state index contributed by atoms with van der Waals surface area (Å²) in [4.78, 5) is 37.6. The largest absolute Gasteiger partial charge is 0.756 e. The first-order valence-corrected chi connectivity index (χ1v) is 25.9. The van der Waals surface area contributed by atoms with Crippen molar-refractivity contribution in [3.63, 3.8) is 0 Å². The third-order valence-corrected chi connectivity index (χ3v) is 11.7. The molecule has 0 aliphatic carbocycles. The van der Waals surface area contributed by atoms with E-state index in [0.29, 0.717) is 17.4 Å². The van der Waals surface area contributed by atoms with Gasteiger partial charge in [-0.15, -0.1) is 0 Å². The van der Waals surface area contributed by atoms with Gasteiger partial charge in [-0.3, -0.25) is 14.2 Å². The number of hydrogen-bond acceptors (Lipinski definition) is 8. The van der Waals surface area contributed by atoms with Gasteiger partial charge in [0, 0.05) is 12.8 Å². The molecule has 10 heteroatoms. The van der Waals surface area contributed by atoms with Crippen molar-refractivity contribution in [3.8, 4) is 0 Å². The summed E-state index contributed by atoms with van der Waals surface area (Å²) >= 11 is 0. The van der Waals surface area contributed by atoms with Crippen LogP contribution in [0.5, 0.6) is 0 Å². The molecule has 0 rings (SSSR count). The van der Waals surface area contributed by atoms with Gasteiger partial charge in [0.2, 0.25) is 0 Å². The molecule has 0 radical (unpaired) electrons. The number of carbonyl (C=O) groups is 2. The fourth-order valence-electron chi connectivity index (χ4n) is 6.95. The Hall–Kier alpha value is -1.25. The highest BCUT2D eigenvalue weighted by molar-refractivity contribution is 7.45. The number of hydrogen-bond donors (Lipinski definition) is 0. The lowest BCUT2D eigenvalue weighted by Gasteiger charge is -2.28. The second kappa shape index (κ2) is 41.1. The van der Waals surface area contributed by atoms with E-state index < -0.39 is 26.5 Å². The maximum atomic E-state index is 12.7. The number of phosphoric acid groups is 1. The number of unbranched alkanes of at least 4 members (excludes halogenated alkanes) is 29. The van der Waals surface area contributed by atoms with Gasteiger partial charge in [0.1, 0.15) is 19.8 Å². The fraction of sp³-hybridized carbons (Fsp3) is 0.917. The van der Waals surface area contributed by atoms with Crippen LogP contribution in [0, 0.1) is 0 Å². The van der Waals surface area contributed by atoms with Crippen molar-refractivity contribution in [3.05, 3.63) is 12.2 Å². The van der Waals surface area contributed by atoms with Crippen molar-refractivity contribution in [1.29, 1.82) is 0 Å². The van der Waals surface area contributed by atoms with Crippen molar-refractivity contribution in [2.75, 3.05) is 47.5 Å². The number of likely N-dealkylation sites (N-methyl/N-ethyl adjacent to an activating group) is 1. The maximum absolute atomic E-state index is 12.7. The summed E-state index contributed by atoms with van der Waals surface area (Å²) in [5.41, 5.74) is 0. The third kappa shape index (κ3) is 44.3. The Morgan fingerprint density at radius 3 is 1.31 bits per heavy atom. The molecule has 0 heterocycles. The molecule has 0 saturated heterocycles. The van der Waals surface area contributed by atoms with E-state index in [9.17, 15) is 19.0 Å². The molecule has 0 aromatic rings. The molecule has 344 valence electrons. The van der Waals surface area contributed by atoms with Crippen LogP contribution in [-0.4, -0.2) is 70.0 Å². The number of esters is 2. The number of carbonyl (C=O) groups excluding carboxylic acids is 2. The Morgan fingerprint density at radius 2 is 0.879 bits per heavy atom. The molecule has 0 aromatic heterocycles. The van der Waals surface area contributed by atoms with E-state index in [4.69, 9.17) is 18.5 Å². The minimum atomic E-state index is -4.62. The standard InChI is InChI=1S/C48H94NO8P/c1-6-8-10-12-14-16-18-20-21-22-23-24-25-26-27-28-29-31-32-34-36-38-40-47(50)54-44-46(45-56-58(52,53)55-43-42-49(3,4)5)57-48(51)41-39-37-35-33-30-19-17-15-13-11-9-7-2/h15,17,46H,6-14,16,18-45H2,1-5H3/b17-15-. The molecule has 0 aliphatic rings. The molecule has 0 saturated carbocycles. The average molecular weight is 844 g/mol. The zero-order valence-electron chi connectivity index (χ0n) is 38.8. The molecule has 9 nitrogen and oxygen atoms in total. The van der Waals surface area contributed by atoms with Gasteiger partial charge in [-0.25, -0.2) is 0 Å². The van der Waals surface area contributed by atoms with Crippen LogP contribution in [0.2, 0.25) is 0 Å². The molecule has 58 heavy (non-hydrogen) atoms. The summed E-state index contributed by atoms with van der Waals surface area (Å²) in [5, 5.41) is 0. The predicted molar refractivity (Wildman–Crippen MR) is 241 cm³/mol. The van der Waals surface area contributed by atoms with Crippen LogP contribution in [0.1, 0.15) is 232 Å². The third-order valence-electron chi connectivity index (χ3n) is 10.8. The Labute approximate surface area is 358 Å². The lowest BCUT2D eigenvalue weighted by atomic mass is 10.0. The molecule has 0 bridgehead atoms. The van der Waals surface area contributed by atoms with Gasteiger partial charge in [-0.05, 0) is 38.5 Å². The first-order valence-electron chi connectivity index (χ1n) is 24.4. The molecule has 0 amide bonds. The summed E-state index contributed by atoms with van der Waals surface area (Å²) in [6.45, 7) is 4.23. The fourth-order valence-corrected chi connectivity index (χ4v) is 7.67. The predicted octanol–water partition coefficient (Wildman–Crippen LogP) is 13.5. The van der Waals surface area contributed by atoms with Gasteiger partial charge in [0.25, 0.3) is 7.82 Å². The number of ether oxygens (including phenoxy) is 2. The second-order valence-corrected chi connectivity index (χ2v) is 19.2. The number of rotatable bonds is 45. The SMILES string of the molecule is CCCCC/C=C\CCCCCCCC(=O)OC(COC(=O)CCCCCCCCCCCCCCCCCCCCCCCC)COP(=O)([O-])OCC[N+](C)(C)C. The molecule has 0 fully saturated rings. The number of allylic oxidation sites excluding steroid dienone is 2. The summed E-state index contributed by atoms with van der Waals surface area (Å²) in [7, 11) is 1.17. The number of phosphoric ester groups is 1. The zero-order chi connectivity index (χ0) is 42.8. The highest BCUT2D eigenvalue weighted by atomic mass is 31.2. The van der Waals surface area contributed by atoms with Gasteiger partial charge in [0.15, 0.2) is 6.10 Å². The van der Waals surface area contributed by atoms with Gasteiger partial charge in [-0.1, -0.05) is 193 Å². The van der Waals surface area contributed by atoms with Crippen molar-refractivity contribution in [1.82, 2.24) is 0 Å². The van der Waals surface area contributed by atoms with Crippen molar-refractivity contribution < 1.29 is 42.1 Å². The van der Waals surface area contributed by atoms with E-state index in [1.165, 1.54) is 141 Å². The quantitative estimate of drug-likeness (QED) is 0.0196. The van der Waals surface area contributed by atoms with Crippen LogP contribution in [-0.2, 0) is 32.7 Å². The minimum Gasteiger partial charge on any atom is -0.756 e. The highest BCUT2D eigenvalue weighted by Gasteiger charge is 2.21. The molecule has 0 aromatic carbocycles. The van der Waals surface area contributed by atoms with Crippen molar-refractivity contribution >= 4 is 19.8 Å². The molecule has 2 unspecified atom stereocenters. The smallest absolute Gasteiger partial charge is 0.306 e. The van der Waals surface area contributed by atoms with Crippen LogP contribution >= 0.6 is 7.82 Å². The van der Waals surface area contributed by atoms with Gasteiger partial charge in [-0.2, -0.15) is 0 Å². The van der Waals surface area contributed by atoms with Crippen LogP contribution in [0.3, 0.4) is 0 Å². The first kappa shape index (κ1) is 56.8. The maximum Gasteiger partial charge on any atom is 0.306 e. The summed E-state index contributed by atoms with van der Waals surface area (Å²) in [6.07, 6.45) is 43.9. The summed E-state index contributed by atoms with van der Waals surface area (Å²) in [6, 6.07) is 0. The molecular formula is C48H94NO8P. The van der Waals surface area contributed by atoms with Crippen LogP contribution in [0.4, 0.5) is 0 Å². The Bertz CT molecular complexity index is 1000. The summed E-state index contributed by atoms with van der Waals surface area (Å²) in [5.74, 6) is -0.833. The van der Waals surface area contributed by atoms with Gasteiger partial charge in [0.05, 0.1) is 27.7 Å². The van der Waals surface area contributed by atoms with Crippen molar-refractivity contribution in [2.45, 2.75) is 238 Å². The lowest BCUT2D eigenvalue weighted by molar-refractivity contribution is -0.870. The molecule has 0 aliphatic heterocycles. The van der Waals surface area contributed by atoms with Crippen LogP contribution in [0.15, 0.2) is 12.2 Å². The number of quaternary nitrogens is 1. The normalized spacial score (nSPS) is 13.6. The van der Waals surface area contributed by atoms with Gasteiger partial charge < -0.3 is 27.9 Å². The topological polar surface area (TPSA) is 111 Å². The van der Waals surface area contributed by atoms with E-state index in [-0.39, 0.29) is 32.0 Å². The Morgan fingerprint density at radius 1 is 0.517 bits per heavy atom. The zero-order valence-corrected chi connectivity index (χ0v) is 39.7. The summed E-state index contributed by atoms with van der Waals surface area (Å²) < 4.78 is 33.9. The minimum absolute atomic E-state index is 0.0293. The molecule has 0 N–H and O–H groups in total. The first-order chi connectivity index (χ1) is 28.0. The van der Waals surface area contributed by atoms with E-state index in [0.717, 1.165) is 57.8 Å². The highest BCUT2D eigenvalue weighted by Crippen LogP contribution is 2.38. The molecular weight excluding hydrogens is 750 g/mol. The van der Waals surface area contributed by atoms with Crippen LogP contribution < -0.4 is 4.89 Å². The van der Waals surface area contributed by atoms with E-state index in [1.807, 2.05) is 21.1 Å². The lowest BCUT2D eigenvalue weighted by Crippen LogP contribution is -2.37. The van der Waals surface area contributed by atoms with Crippen molar-refractivity contribution in [2.24, 2.45) is 0 Å². The van der Waals surface area contributed by atoms with Crippen LogP contribution in [0.25, 0.3) is 0 Å². The van der Waals surface area contributed by atoms with Gasteiger partial charge >= 0.3 is 11.9 Å². The van der Waals surface area contributed by atoms with E-state index in [1.54, 1.807) is 0 Å². The second-order valence-electron chi connectivity index (χ2n) is 17.8.